The van der Waals surface area contributed by atoms with Crippen LogP contribution in [-0.2, 0) is 13.5 Å². The number of benzene rings is 1. The molecule has 6 heteroatoms. The fraction of sp³-hybridized carbons (Fsp3) is 0.333. The summed E-state index contributed by atoms with van der Waals surface area (Å²) in [5.74, 6) is -0.252. The molecule has 6 nitrogen and oxygen atoms in total. The maximum absolute atomic E-state index is 12.4. The van der Waals surface area contributed by atoms with Crippen LogP contribution in [0.15, 0.2) is 24.3 Å². The van der Waals surface area contributed by atoms with Crippen LogP contribution in [0.2, 0.25) is 0 Å². The summed E-state index contributed by atoms with van der Waals surface area (Å²) in [5.41, 5.74) is 9.31. The summed E-state index contributed by atoms with van der Waals surface area (Å²) in [7, 11) is 5.63. The van der Waals surface area contributed by atoms with Crippen molar-refractivity contribution in [3.8, 4) is 0 Å². The van der Waals surface area contributed by atoms with E-state index in [0.29, 0.717) is 17.8 Å². The number of aromatic nitrogens is 2. The number of nitrogens with two attached hydrogens (primary N) is 1. The predicted octanol–water partition coefficient (Wildman–Crippen LogP) is 1.88. The molecule has 0 radical (unpaired) electrons. The Balaban J connectivity index is 2.26. The molecule has 2 aromatic rings. The number of hydrogen-bond acceptors (Lipinski definition) is 4. The first-order chi connectivity index (χ1) is 9.93. The van der Waals surface area contributed by atoms with Crippen molar-refractivity contribution >= 4 is 23.0 Å². The van der Waals surface area contributed by atoms with Crippen LogP contribution in [0.5, 0.6) is 0 Å². The summed E-state index contributed by atoms with van der Waals surface area (Å²) < 4.78 is 1.53. The minimum atomic E-state index is -0.252. The summed E-state index contributed by atoms with van der Waals surface area (Å²) in [6.07, 6.45) is 0.697. The Hall–Kier alpha value is -2.50. The Morgan fingerprint density at radius 1 is 1.43 bits per heavy atom. The molecule has 2 rings (SSSR count). The van der Waals surface area contributed by atoms with Gasteiger partial charge in [0.1, 0.15) is 5.69 Å². The Morgan fingerprint density at radius 2 is 2.14 bits per heavy atom. The number of nitrogen functional groups attached to an aromatic ring is 1. The van der Waals surface area contributed by atoms with Crippen LogP contribution in [0.3, 0.4) is 0 Å². The number of carbonyl (C=O) groups is 1. The van der Waals surface area contributed by atoms with Crippen molar-refractivity contribution in [2.45, 2.75) is 13.3 Å². The number of hydrogen-bond donors (Lipinski definition) is 2. The smallest absolute Gasteiger partial charge is 0.276 e. The van der Waals surface area contributed by atoms with Crippen LogP contribution in [-0.4, -0.2) is 29.8 Å². The Labute approximate surface area is 124 Å². The zero-order valence-corrected chi connectivity index (χ0v) is 12.8. The van der Waals surface area contributed by atoms with Gasteiger partial charge in [0.15, 0.2) is 0 Å². The highest BCUT2D eigenvalue weighted by molar-refractivity contribution is 6.07. The Morgan fingerprint density at radius 3 is 2.71 bits per heavy atom. The fourth-order valence-corrected chi connectivity index (χ4v) is 2.18. The second-order valence-corrected chi connectivity index (χ2v) is 5.09. The molecule has 1 heterocycles. The zero-order chi connectivity index (χ0) is 15.6. The van der Waals surface area contributed by atoms with Crippen LogP contribution < -0.4 is 16.0 Å². The van der Waals surface area contributed by atoms with Gasteiger partial charge in [0.25, 0.3) is 5.91 Å². The van der Waals surface area contributed by atoms with E-state index in [1.807, 2.05) is 50.2 Å². The lowest BCUT2D eigenvalue weighted by Gasteiger charge is -2.14. The average molecular weight is 287 g/mol. The van der Waals surface area contributed by atoms with Crippen molar-refractivity contribution in [2.75, 3.05) is 30.0 Å². The third-order valence-corrected chi connectivity index (χ3v) is 3.33. The molecular weight excluding hydrogens is 266 g/mol. The molecule has 0 aliphatic carbocycles. The summed E-state index contributed by atoms with van der Waals surface area (Å²) >= 11 is 0. The summed E-state index contributed by atoms with van der Waals surface area (Å²) in [6, 6.07) is 7.63. The number of anilines is 3. The second kappa shape index (κ2) is 5.87. The molecule has 1 amide bonds. The molecule has 1 aromatic carbocycles. The Bertz CT molecular complexity index is 660. The second-order valence-electron chi connectivity index (χ2n) is 5.09. The lowest BCUT2D eigenvalue weighted by atomic mass is 10.2. The Kier molecular flexibility index (Phi) is 4.16. The molecule has 0 aliphatic rings. The van der Waals surface area contributed by atoms with E-state index < -0.39 is 0 Å². The van der Waals surface area contributed by atoms with Gasteiger partial charge in [-0.1, -0.05) is 13.0 Å². The first-order valence-electron chi connectivity index (χ1n) is 6.84. The average Bonchev–Trinajstić information content (AvgIpc) is 2.73. The molecule has 0 atom stereocenters. The highest BCUT2D eigenvalue weighted by Crippen LogP contribution is 2.21. The van der Waals surface area contributed by atoms with Crippen molar-refractivity contribution in [1.82, 2.24) is 9.78 Å². The highest BCUT2D eigenvalue weighted by atomic mass is 16.2. The number of nitrogens with one attached hydrogen (secondary N) is 1. The normalized spacial score (nSPS) is 10.5. The maximum Gasteiger partial charge on any atom is 0.276 e. The van der Waals surface area contributed by atoms with Crippen molar-refractivity contribution in [3.63, 3.8) is 0 Å². The molecule has 0 spiro atoms. The molecule has 112 valence electrons. The molecule has 3 N–H and O–H groups in total. The molecule has 0 unspecified atom stereocenters. The number of amides is 1. The molecule has 0 saturated carbocycles. The number of carbonyl (C=O) groups excluding carboxylic acids is 1. The van der Waals surface area contributed by atoms with Gasteiger partial charge in [0, 0.05) is 32.5 Å². The molecule has 0 saturated heterocycles. The SMILES string of the molecule is CCc1nn(C)c(C(=O)Nc2cccc(N(C)C)c2)c1N. The summed E-state index contributed by atoms with van der Waals surface area (Å²) in [5, 5.41) is 7.13. The van der Waals surface area contributed by atoms with Gasteiger partial charge in [-0.3, -0.25) is 9.48 Å². The largest absolute Gasteiger partial charge is 0.395 e. The van der Waals surface area contributed by atoms with E-state index >= 15 is 0 Å². The van der Waals surface area contributed by atoms with Gasteiger partial charge in [0.05, 0.1) is 11.4 Å². The van der Waals surface area contributed by atoms with Crippen molar-refractivity contribution in [1.29, 1.82) is 0 Å². The van der Waals surface area contributed by atoms with E-state index in [0.717, 1.165) is 17.1 Å². The van der Waals surface area contributed by atoms with Crippen LogP contribution in [0.25, 0.3) is 0 Å². The number of nitrogens with zero attached hydrogens (tertiary/aromatic N) is 3. The molecule has 0 bridgehead atoms. The van der Waals surface area contributed by atoms with E-state index in [2.05, 4.69) is 10.4 Å². The van der Waals surface area contributed by atoms with Gasteiger partial charge in [-0.05, 0) is 24.6 Å². The predicted molar refractivity (Wildman–Crippen MR) is 85.7 cm³/mol. The third kappa shape index (κ3) is 2.99. The van der Waals surface area contributed by atoms with Crippen LogP contribution >= 0.6 is 0 Å². The van der Waals surface area contributed by atoms with Gasteiger partial charge in [-0.2, -0.15) is 5.10 Å². The van der Waals surface area contributed by atoms with E-state index in [1.54, 1.807) is 7.05 Å². The van der Waals surface area contributed by atoms with E-state index in [4.69, 9.17) is 5.73 Å². The monoisotopic (exact) mass is 287 g/mol. The quantitative estimate of drug-likeness (QED) is 0.900. The van der Waals surface area contributed by atoms with Crippen molar-refractivity contribution < 1.29 is 4.79 Å². The van der Waals surface area contributed by atoms with Gasteiger partial charge in [-0.25, -0.2) is 0 Å². The third-order valence-electron chi connectivity index (χ3n) is 3.33. The van der Waals surface area contributed by atoms with E-state index in [-0.39, 0.29) is 5.91 Å². The minimum absolute atomic E-state index is 0.252. The first kappa shape index (κ1) is 14.9. The first-order valence-corrected chi connectivity index (χ1v) is 6.84. The summed E-state index contributed by atoms with van der Waals surface area (Å²) in [6.45, 7) is 1.96. The molecule has 21 heavy (non-hydrogen) atoms. The number of aryl methyl sites for hydroxylation is 2. The maximum atomic E-state index is 12.4. The standard InChI is InChI=1S/C15H21N5O/c1-5-12-13(16)14(20(4)18-12)15(21)17-10-7-6-8-11(9-10)19(2)3/h6-9H,5,16H2,1-4H3,(H,17,21). The molecule has 0 aliphatic heterocycles. The van der Waals surface area contributed by atoms with Gasteiger partial charge < -0.3 is 16.0 Å². The molecular formula is C15H21N5O. The molecule has 0 fully saturated rings. The lowest BCUT2D eigenvalue weighted by Crippen LogP contribution is -2.18. The van der Waals surface area contributed by atoms with Gasteiger partial charge in [0.2, 0.25) is 0 Å². The van der Waals surface area contributed by atoms with Crippen molar-refractivity contribution in [3.05, 3.63) is 35.7 Å². The lowest BCUT2D eigenvalue weighted by molar-refractivity contribution is 0.101. The molecule has 1 aromatic heterocycles. The highest BCUT2D eigenvalue weighted by Gasteiger charge is 2.19. The fourth-order valence-electron chi connectivity index (χ4n) is 2.18. The topological polar surface area (TPSA) is 76.2 Å². The summed E-state index contributed by atoms with van der Waals surface area (Å²) in [4.78, 5) is 14.4. The van der Waals surface area contributed by atoms with Gasteiger partial charge >= 0.3 is 0 Å². The minimum Gasteiger partial charge on any atom is -0.395 e. The zero-order valence-electron chi connectivity index (χ0n) is 12.8. The van der Waals surface area contributed by atoms with Crippen LogP contribution in [0.4, 0.5) is 17.1 Å². The van der Waals surface area contributed by atoms with Crippen LogP contribution in [0.1, 0.15) is 23.1 Å². The number of rotatable bonds is 4. The van der Waals surface area contributed by atoms with Crippen LogP contribution in [0, 0.1) is 0 Å². The van der Waals surface area contributed by atoms with E-state index in [1.165, 1.54) is 4.68 Å². The van der Waals surface area contributed by atoms with E-state index in [9.17, 15) is 4.79 Å². The van der Waals surface area contributed by atoms with Gasteiger partial charge in [-0.15, -0.1) is 0 Å². The van der Waals surface area contributed by atoms with Crippen molar-refractivity contribution in [2.24, 2.45) is 7.05 Å².